The smallest absolute Gasteiger partial charge is 0.0773 e. The van der Waals surface area contributed by atoms with E-state index in [0.29, 0.717) is 0 Å². The molecule has 0 bridgehead atoms. The Kier molecular flexibility index (Phi) is 4.38. The Labute approximate surface area is 69.4 Å². The maximum atomic E-state index is 5.88. The van der Waals surface area contributed by atoms with Gasteiger partial charge < -0.3 is 10.5 Å². The maximum Gasteiger partial charge on any atom is 0.0773 e. The van der Waals surface area contributed by atoms with Crippen molar-refractivity contribution in [1.29, 1.82) is 0 Å². The molecule has 1 atom stereocenters. The molecule has 1 unspecified atom stereocenters. The van der Waals surface area contributed by atoms with Crippen LogP contribution >= 0.6 is 0 Å². The molecule has 0 spiro atoms. The number of ether oxygens (including phenoxy) is 1. The molecule has 0 fully saturated rings. The van der Waals surface area contributed by atoms with Crippen molar-refractivity contribution in [3.05, 3.63) is 12.7 Å². The van der Waals surface area contributed by atoms with Crippen molar-refractivity contribution < 1.29 is 4.74 Å². The van der Waals surface area contributed by atoms with Crippen molar-refractivity contribution >= 4 is 0 Å². The molecule has 0 saturated heterocycles. The van der Waals surface area contributed by atoms with E-state index in [0.717, 1.165) is 12.8 Å². The summed E-state index contributed by atoms with van der Waals surface area (Å²) in [7, 11) is 1.69. The van der Waals surface area contributed by atoms with E-state index in [2.05, 4.69) is 6.58 Å². The zero-order valence-electron chi connectivity index (χ0n) is 7.76. The summed E-state index contributed by atoms with van der Waals surface area (Å²) in [5.74, 6) is 0. The van der Waals surface area contributed by atoms with Gasteiger partial charge in [-0.2, -0.15) is 0 Å². The molecule has 0 amide bonds. The summed E-state index contributed by atoms with van der Waals surface area (Å²) in [6, 6.07) is 0.0884. The van der Waals surface area contributed by atoms with Crippen molar-refractivity contribution in [2.24, 2.45) is 5.73 Å². The summed E-state index contributed by atoms with van der Waals surface area (Å²) >= 11 is 0. The first-order valence-electron chi connectivity index (χ1n) is 3.96. The van der Waals surface area contributed by atoms with Gasteiger partial charge in [0.15, 0.2) is 0 Å². The van der Waals surface area contributed by atoms with Crippen LogP contribution in [0.5, 0.6) is 0 Å². The van der Waals surface area contributed by atoms with E-state index in [-0.39, 0.29) is 11.6 Å². The quantitative estimate of drug-likeness (QED) is 0.616. The highest BCUT2D eigenvalue weighted by Crippen LogP contribution is 2.15. The van der Waals surface area contributed by atoms with Gasteiger partial charge in [-0.15, -0.1) is 6.58 Å². The monoisotopic (exact) mass is 157 g/mol. The number of methoxy groups -OCH3 is 1. The lowest BCUT2D eigenvalue weighted by Crippen LogP contribution is -2.44. The summed E-state index contributed by atoms with van der Waals surface area (Å²) in [4.78, 5) is 0. The average Bonchev–Trinajstić information content (AvgIpc) is 2.00. The lowest BCUT2D eigenvalue weighted by molar-refractivity contribution is -0.00115. The fourth-order valence-corrected chi connectivity index (χ4v) is 0.796. The molecule has 0 heterocycles. The van der Waals surface area contributed by atoms with Crippen LogP contribution in [0, 0.1) is 0 Å². The second-order valence-electron chi connectivity index (χ2n) is 3.28. The highest BCUT2D eigenvalue weighted by molar-refractivity contribution is 4.84. The second-order valence-corrected chi connectivity index (χ2v) is 3.28. The molecule has 2 N–H and O–H groups in total. The normalized spacial score (nSPS) is 14.5. The molecule has 0 aromatic carbocycles. The Morgan fingerprint density at radius 3 is 2.55 bits per heavy atom. The minimum atomic E-state index is -0.219. The average molecular weight is 157 g/mol. The molecule has 0 rings (SSSR count). The highest BCUT2D eigenvalue weighted by Gasteiger charge is 2.24. The zero-order valence-corrected chi connectivity index (χ0v) is 7.76. The summed E-state index contributed by atoms with van der Waals surface area (Å²) < 4.78 is 5.24. The minimum absolute atomic E-state index is 0.0884. The van der Waals surface area contributed by atoms with Gasteiger partial charge in [0.25, 0.3) is 0 Å². The van der Waals surface area contributed by atoms with E-state index < -0.39 is 0 Å². The Balaban J connectivity index is 3.80. The first-order valence-corrected chi connectivity index (χ1v) is 3.96. The van der Waals surface area contributed by atoms with Crippen LogP contribution in [0.3, 0.4) is 0 Å². The van der Waals surface area contributed by atoms with Crippen molar-refractivity contribution in [3.8, 4) is 0 Å². The van der Waals surface area contributed by atoms with Crippen LogP contribution in [0.15, 0.2) is 12.7 Å². The molecule has 0 aliphatic heterocycles. The van der Waals surface area contributed by atoms with Gasteiger partial charge in [-0.05, 0) is 26.7 Å². The number of nitrogens with two attached hydrogens (primary N) is 1. The van der Waals surface area contributed by atoms with Crippen molar-refractivity contribution in [1.82, 2.24) is 0 Å². The molecule has 66 valence electrons. The summed E-state index contributed by atoms with van der Waals surface area (Å²) in [6.07, 6.45) is 3.77. The first-order chi connectivity index (χ1) is 5.04. The van der Waals surface area contributed by atoms with Crippen molar-refractivity contribution in [3.63, 3.8) is 0 Å². The lowest BCUT2D eigenvalue weighted by Gasteiger charge is -2.29. The van der Waals surface area contributed by atoms with Gasteiger partial charge in [0.1, 0.15) is 0 Å². The van der Waals surface area contributed by atoms with E-state index in [9.17, 15) is 0 Å². The Hall–Kier alpha value is -0.340. The molecule has 0 aromatic rings. The molecule has 0 saturated carbocycles. The van der Waals surface area contributed by atoms with E-state index in [4.69, 9.17) is 10.5 Å². The van der Waals surface area contributed by atoms with E-state index in [1.807, 2.05) is 19.9 Å². The number of allylic oxidation sites excluding steroid dienone is 1. The van der Waals surface area contributed by atoms with Gasteiger partial charge in [0, 0.05) is 13.2 Å². The summed E-state index contributed by atoms with van der Waals surface area (Å²) in [5.41, 5.74) is 5.66. The fraction of sp³-hybridized carbons (Fsp3) is 0.778. The van der Waals surface area contributed by atoms with E-state index in [1.165, 1.54) is 0 Å². The van der Waals surface area contributed by atoms with Gasteiger partial charge in [-0.25, -0.2) is 0 Å². The molecular formula is C9H19NO. The molecule has 11 heavy (non-hydrogen) atoms. The Bertz CT molecular complexity index is 121. The molecular weight excluding hydrogens is 138 g/mol. The zero-order chi connectivity index (χ0) is 8.91. The standard InChI is InChI=1S/C9H19NO/c1-5-6-7-8(10)9(2,3)11-4/h5,8H,1,6-7,10H2,2-4H3. The molecule has 2 nitrogen and oxygen atoms in total. The molecule has 0 aliphatic rings. The third-order valence-corrected chi connectivity index (χ3v) is 2.10. The Morgan fingerprint density at radius 1 is 1.64 bits per heavy atom. The molecule has 2 heteroatoms. The van der Waals surface area contributed by atoms with Crippen LogP contribution in [-0.2, 0) is 4.74 Å². The number of hydrogen-bond donors (Lipinski definition) is 1. The summed E-state index contributed by atoms with van der Waals surface area (Å²) in [5, 5.41) is 0. The Morgan fingerprint density at radius 2 is 2.18 bits per heavy atom. The van der Waals surface area contributed by atoms with Gasteiger partial charge >= 0.3 is 0 Å². The molecule has 0 radical (unpaired) electrons. The van der Waals surface area contributed by atoms with Crippen LogP contribution in [0.1, 0.15) is 26.7 Å². The maximum absolute atomic E-state index is 5.88. The van der Waals surface area contributed by atoms with Gasteiger partial charge in [0.05, 0.1) is 5.60 Å². The second kappa shape index (κ2) is 4.52. The van der Waals surface area contributed by atoms with Crippen LogP contribution in [0.4, 0.5) is 0 Å². The fourth-order valence-electron chi connectivity index (χ4n) is 0.796. The van der Waals surface area contributed by atoms with Gasteiger partial charge in [0.2, 0.25) is 0 Å². The van der Waals surface area contributed by atoms with Crippen molar-refractivity contribution in [2.75, 3.05) is 7.11 Å². The van der Waals surface area contributed by atoms with Gasteiger partial charge in [-0.3, -0.25) is 0 Å². The number of hydrogen-bond acceptors (Lipinski definition) is 2. The predicted molar refractivity (Wildman–Crippen MR) is 48.5 cm³/mol. The van der Waals surface area contributed by atoms with Crippen LogP contribution in [0.25, 0.3) is 0 Å². The van der Waals surface area contributed by atoms with Crippen LogP contribution < -0.4 is 5.73 Å². The summed E-state index contributed by atoms with van der Waals surface area (Å²) in [6.45, 7) is 7.65. The third-order valence-electron chi connectivity index (χ3n) is 2.10. The third kappa shape index (κ3) is 3.54. The van der Waals surface area contributed by atoms with E-state index >= 15 is 0 Å². The topological polar surface area (TPSA) is 35.2 Å². The van der Waals surface area contributed by atoms with Crippen LogP contribution in [-0.4, -0.2) is 18.8 Å². The van der Waals surface area contributed by atoms with E-state index in [1.54, 1.807) is 7.11 Å². The van der Waals surface area contributed by atoms with Crippen LogP contribution in [0.2, 0.25) is 0 Å². The SMILES string of the molecule is C=CCCC(N)C(C)(C)OC. The molecule has 0 aliphatic carbocycles. The largest absolute Gasteiger partial charge is 0.377 e. The highest BCUT2D eigenvalue weighted by atomic mass is 16.5. The van der Waals surface area contributed by atoms with Crippen molar-refractivity contribution in [2.45, 2.75) is 38.3 Å². The minimum Gasteiger partial charge on any atom is -0.377 e. The number of rotatable bonds is 5. The lowest BCUT2D eigenvalue weighted by atomic mass is 9.95. The van der Waals surface area contributed by atoms with Gasteiger partial charge in [-0.1, -0.05) is 6.08 Å². The predicted octanol–water partition coefficient (Wildman–Crippen LogP) is 1.70. The molecule has 0 aromatic heterocycles. The first kappa shape index (κ1) is 10.7.